The summed E-state index contributed by atoms with van der Waals surface area (Å²) < 4.78 is 2.63. The van der Waals surface area contributed by atoms with Gasteiger partial charge in [-0.1, -0.05) is 28.1 Å². The molecule has 106 valence electrons. The van der Waals surface area contributed by atoms with Crippen molar-refractivity contribution in [1.82, 2.24) is 24.7 Å². The maximum absolute atomic E-state index is 4.48. The molecule has 0 atom stereocenters. The van der Waals surface area contributed by atoms with E-state index >= 15 is 0 Å². The third kappa shape index (κ3) is 3.08. The van der Waals surface area contributed by atoms with E-state index in [9.17, 15) is 0 Å². The van der Waals surface area contributed by atoms with Crippen LogP contribution in [0.3, 0.4) is 0 Å². The number of aromatic nitrogens is 5. The fraction of sp³-hybridized carbons (Fsp3) is 0.143. The van der Waals surface area contributed by atoms with E-state index in [1.807, 2.05) is 37.3 Å². The lowest BCUT2D eigenvalue weighted by Crippen LogP contribution is -2.10. The van der Waals surface area contributed by atoms with Crippen molar-refractivity contribution < 1.29 is 0 Å². The molecule has 3 aromatic rings. The average Bonchev–Trinajstić information content (AvgIpc) is 3.02. The number of nitrogens with zero attached hydrogens (tertiary/aromatic N) is 5. The number of halogens is 1. The zero-order valence-corrected chi connectivity index (χ0v) is 12.9. The molecule has 21 heavy (non-hydrogen) atoms. The number of hydrogen-bond donors (Lipinski definition) is 1. The Morgan fingerprint density at radius 2 is 1.95 bits per heavy atom. The van der Waals surface area contributed by atoms with Gasteiger partial charge < -0.3 is 5.32 Å². The van der Waals surface area contributed by atoms with Gasteiger partial charge in [0.15, 0.2) is 5.82 Å². The van der Waals surface area contributed by atoms with Crippen LogP contribution < -0.4 is 5.32 Å². The Kier molecular flexibility index (Phi) is 3.92. The van der Waals surface area contributed by atoms with E-state index in [0.29, 0.717) is 17.7 Å². The summed E-state index contributed by atoms with van der Waals surface area (Å²) in [6.45, 7) is 2.74. The van der Waals surface area contributed by atoms with Gasteiger partial charge in [0, 0.05) is 29.0 Å². The minimum absolute atomic E-state index is 0.490. The molecule has 1 N–H and O–H groups in total. The maximum Gasteiger partial charge on any atom is 0.255 e. The summed E-state index contributed by atoms with van der Waals surface area (Å²) in [4.78, 5) is 13.3. The molecule has 0 amide bonds. The van der Waals surface area contributed by atoms with Crippen molar-refractivity contribution in [3.63, 3.8) is 0 Å². The lowest BCUT2D eigenvalue weighted by molar-refractivity contribution is 0.798. The van der Waals surface area contributed by atoms with Crippen LogP contribution in [-0.2, 0) is 0 Å². The van der Waals surface area contributed by atoms with Gasteiger partial charge >= 0.3 is 0 Å². The second kappa shape index (κ2) is 6.01. The third-order valence-corrected chi connectivity index (χ3v) is 3.30. The van der Waals surface area contributed by atoms with Gasteiger partial charge in [0.1, 0.15) is 0 Å². The van der Waals surface area contributed by atoms with Gasteiger partial charge in [-0.3, -0.25) is 0 Å². The molecule has 1 aromatic carbocycles. The van der Waals surface area contributed by atoms with Crippen LogP contribution in [0, 0.1) is 0 Å². The van der Waals surface area contributed by atoms with Crippen LogP contribution in [0.5, 0.6) is 0 Å². The van der Waals surface area contributed by atoms with Crippen LogP contribution in [-0.4, -0.2) is 31.3 Å². The first kappa shape index (κ1) is 13.7. The fourth-order valence-electron chi connectivity index (χ4n) is 1.82. The number of nitrogens with one attached hydrogen (secondary N) is 1. The van der Waals surface area contributed by atoms with E-state index in [4.69, 9.17) is 0 Å². The molecule has 6 nitrogen and oxygen atoms in total. The Labute approximate surface area is 130 Å². The van der Waals surface area contributed by atoms with Gasteiger partial charge in [-0.05, 0) is 25.1 Å². The minimum Gasteiger partial charge on any atom is -0.354 e. The summed E-state index contributed by atoms with van der Waals surface area (Å²) in [6.07, 6.45) is 3.49. The molecule has 0 bridgehead atoms. The lowest BCUT2D eigenvalue weighted by atomic mass is 10.2. The molecule has 0 radical (unpaired) electrons. The Balaban J connectivity index is 2.09. The molecular formula is C14H13BrN6. The number of benzene rings is 1. The van der Waals surface area contributed by atoms with Crippen LogP contribution >= 0.6 is 15.9 Å². The summed E-state index contributed by atoms with van der Waals surface area (Å²) in [7, 11) is 0. The van der Waals surface area contributed by atoms with E-state index in [0.717, 1.165) is 16.6 Å². The first-order chi connectivity index (χ1) is 10.3. The molecule has 0 aliphatic heterocycles. The summed E-state index contributed by atoms with van der Waals surface area (Å²) in [5, 5.41) is 7.28. The highest BCUT2D eigenvalue weighted by Crippen LogP contribution is 2.20. The monoisotopic (exact) mass is 344 g/mol. The van der Waals surface area contributed by atoms with Gasteiger partial charge in [0.2, 0.25) is 5.95 Å². The minimum atomic E-state index is 0.490. The molecule has 3 rings (SSSR count). The highest BCUT2D eigenvalue weighted by Gasteiger charge is 2.09. The number of anilines is 1. The average molecular weight is 345 g/mol. The maximum atomic E-state index is 4.48. The number of hydrogen-bond acceptors (Lipinski definition) is 5. The molecule has 0 spiro atoms. The molecule has 0 saturated carbocycles. The van der Waals surface area contributed by atoms with Crippen LogP contribution in [0.2, 0.25) is 0 Å². The summed E-state index contributed by atoms with van der Waals surface area (Å²) in [6, 6.07) is 9.67. The Morgan fingerprint density at radius 1 is 1.14 bits per heavy atom. The lowest BCUT2D eigenvalue weighted by Gasteiger charge is -2.08. The highest BCUT2D eigenvalue weighted by molar-refractivity contribution is 9.10. The molecular weight excluding hydrogens is 332 g/mol. The zero-order valence-electron chi connectivity index (χ0n) is 11.4. The van der Waals surface area contributed by atoms with Crippen molar-refractivity contribution in [3.8, 4) is 17.3 Å². The molecule has 2 heterocycles. The highest BCUT2D eigenvalue weighted by atomic mass is 79.9. The molecule has 7 heteroatoms. The van der Waals surface area contributed by atoms with Crippen molar-refractivity contribution in [1.29, 1.82) is 0 Å². The standard InChI is InChI=1S/C14H13BrN6/c1-2-16-13-18-12(10-4-6-11(15)7-5-10)19-14(20-13)21-9-3-8-17-21/h3-9H,2H2,1H3,(H,16,18,19,20). The number of rotatable bonds is 4. The first-order valence-corrected chi connectivity index (χ1v) is 7.31. The smallest absolute Gasteiger partial charge is 0.255 e. The largest absolute Gasteiger partial charge is 0.354 e. The van der Waals surface area contributed by atoms with Crippen LogP contribution in [0.25, 0.3) is 17.3 Å². The van der Waals surface area contributed by atoms with E-state index in [1.165, 1.54) is 0 Å². The Bertz CT molecular complexity index is 724. The molecule has 0 aliphatic rings. The summed E-state index contributed by atoms with van der Waals surface area (Å²) in [5.41, 5.74) is 0.924. The summed E-state index contributed by atoms with van der Waals surface area (Å²) in [5.74, 6) is 1.64. The van der Waals surface area contributed by atoms with E-state index < -0.39 is 0 Å². The first-order valence-electron chi connectivity index (χ1n) is 6.52. The molecule has 0 aliphatic carbocycles. The summed E-state index contributed by atoms with van der Waals surface area (Å²) >= 11 is 3.42. The molecule has 0 saturated heterocycles. The zero-order chi connectivity index (χ0) is 14.7. The van der Waals surface area contributed by atoms with E-state index in [-0.39, 0.29) is 0 Å². The van der Waals surface area contributed by atoms with Crippen LogP contribution in [0.4, 0.5) is 5.95 Å². The fourth-order valence-corrected chi connectivity index (χ4v) is 2.08. The van der Waals surface area contributed by atoms with Crippen molar-refractivity contribution in [3.05, 3.63) is 47.2 Å². The normalized spacial score (nSPS) is 10.6. The van der Waals surface area contributed by atoms with E-state index in [2.05, 4.69) is 41.3 Å². The van der Waals surface area contributed by atoms with Crippen molar-refractivity contribution >= 4 is 21.9 Å². The van der Waals surface area contributed by atoms with Crippen molar-refractivity contribution in [2.24, 2.45) is 0 Å². The van der Waals surface area contributed by atoms with Gasteiger partial charge in [-0.2, -0.15) is 20.1 Å². The van der Waals surface area contributed by atoms with Crippen LogP contribution in [0.1, 0.15) is 6.92 Å². The van der Waals surface area contributed by atoms with Gasteiger partial charge in [0.25, 0.3) is 5.95 Å². The topological polar surface area (TPSA) is 68.5 Å². The Hall–Kier alpha value is -2.28. The van der Waals surface area contributed by atoms with Crippen molar-refractivity contribution in [2.45, 2.75) is 6.92 Å². The van der Waals surface area contributed by atoms with Gasteiger partial charge in [-0.15, -0.1) is 0 Å². The predicted octanol–water partition coefficient (Wildman–Crippen LogP) is 2.92. The predicted molar refractivity (Wildman–Crippen MR) is 84.2 cm³/mol. The van der Waals surface area contributed by atoms with Crippen molar-refractivity contribution in [2.75, 3.05) is 11.9 Å². The van der Waals surface area contributed by atoms with Crippen LogP contribution in [0.15, 0.2) is 47.2 Å². The third-order valence-electron chi connectivity index (χ3n) is 2.77. The molecule has 0 fully saturated rings. The van der Waals surface area contributed by atoms with E-state index in [1.54, 1.807) is 17.1 Å². The molecule has 2 aromatic heterocycles. The molecule has 0 unspecified atom stereocenters. The Morgan fingerprint density at radius 3 is 2.62 bits per heavy atom. The second-order valence-corrected chi connectivity index (χ2v) is 5.19. The second-order valence-electron chi connectivity index (χ2n) is 4.27. The SMILES string of the molecule is CCNc1nc(-c2ccc(Br)cc2)nc(-n2cccn2)n1. The van der Waals surface area contributed by atoms with Gasteiger partial charge in [-0.25, -0.2) is 4.68 Å². The van der Waals surface area contributed by atoms with Gasteiger partial charge in [0.05, 0.1) is 0 Å². The quantitative estimate of drug-likeness (QED) is 0.787.